The zero-order valence-electron chi connectivity index (χ0n) is 6.96. The molecule has 0 aliphatic carbocycles. The first kappa shape index (κ1) is 10.6. The van der Waals surface area contributed by atoms with E-state index >= 15 is 0 Å². The van der Waals surface area contributed by atoms with E-state index in [1.54, 1.807) is 11.8 Å². The average molecular weight is 174 g/mol. The highest BCUT2D eigenvalue weighted by Crippen LogP contribution is 2.15. The Bertz CT molecular complexity index is 154. The summed E-state index contributed by atoms with van der Waals surface area (Å²) in [4.78, 5) is 10.3. The molecule has 0 spiro atoms. The Labute approximate surface area is 71.7 Å². The number of thioether (sulfide) groups is 1. The predicted molar refractivity (Wildman–Crippen MR) is 49.0 cm³/mol. The van der Waals surface area contributed by atoms with E-state index in [4.69, 9.17) is 5.11 Å². The molecule has 0 fully saturated rings. The highest BCUT2D eigenvalue weighted by atomic mass is 32.2. The Kier molecular flexibility index (Phi) is 5.03. The molecule has 0 saturated carbocycles. The first-order valence-electron chi connectivity index (χ1n) is 3.60. The Balaban J connectivity index is 3.54. The van der Waals surface area contributed by atoms with Crippen LogP contribution in [0.1, 0.15) is 20.3 Å². The van der Waals surface area contributed by atoms with E-state index < -0.39 is 5.97 Å². The van der Waals surface area contributed by atoms with Crippen molar-refractivity contribution >= 4 is 17.7 Å². The summed E-state index contributed by atoms with van der Waals surface area (Å²) in [6.45, 7) is 7.61. The van der Waals surface area contributed by atoms with Gasteiger partial charge in [-0.05, 0) is 6.42 Å². The number of carboxylic acid groups (broad SMARTS) is 1. The number of carbonyl (C=O) groups is 1. The smallest absolute Gasteiger partial charge is 0.331 e. The van der Waals surface area contributed by atoms with Gasteiger partial charge in [-0.2, -0.15) is 11.8 Å². The summed E-state index contributed by atoms with van der Waals surface area (Å²) in [6, 6.07) is 0. The van der Waals surface area contributed by atoms with Gasteiger partial charge in [0.15, 0.2) is 0 Å². The summed E-state index contributed by atoms with van der Waals surface area (Å²) in [6.07, 6.45) is 1.07. The van der Waals surface area contributed by atoms with Crippen molar-refractivity contribution in [2.75, 3.05) is 5.75 Å². The quantitative estimate of drug-likeness (QED) is 0.649. The van der Waals surface area contributed by atoms with Gasteiger partial charge in [-0.25, -0.2) is 4.79 Å². The highest BCUT2D eigenvalue weighted by molar-refractivity contribution is 8.00. The molecule has 0 aromatic heterocycles. The average Bonchev–Trinajstić information content (AvgIpc) is 1.99. The minimum Gasteiger partial charge on any atom is -0.478 e. The molecule has 1 atom stereocenters. The van der Waals surface area contributed by atoms with Gasteiger partial charge in [-0.1, -0.05) is 20.4 Å². The second kappa shape index (κ2) is 5.24. The molecule has 0 rings (SSSR count). The minimum atomic E-state index is -0.888. The van der Waals surface area contributed by atoms with Gasteiger partial charge < -0.3 is 5.11 Å². The number of carboxylic acids is 1. The van der Waals surface area contributed by atoms with Crippen LogP contribution >= 0.6 is 11.8 Å². The van der Waals surface area contributed by atoms with E-state index in [-0.39, 0.29) is 5.57 Å². The third-order valence-corrected chi connectivity index (χ3v) is 2.84. The Morgan fingerprint density at radius 2 is 2.27 bits per heavy atom. The van der Waals surface area contributed by atoms with Crippen LogP contribution in [0.4, 0.5) is 0 Å². The second-order valence-corrected chi connectivity index (χ2v) is 3.87. The summed E-state index contributed by atoms with van der Waals surface area (Å²) in [5.41, 5.74) is 0.287. The molecule has 2 nitrogen and oxygen atoms in total. The molecule has 0 aromatic carbocycles. The van der Waals surface area contributed by atoms with Gasteiger partial charge in [-0.3, -0.25) is 0 Å². The van der Waals surface area contributed by atoms with Crippen LogP contribution in [0.25, 0.3) is 0 Å². The van der Waals surface area contributed by atoms with Gasteiger partial charge >= 0.3 is 5.97 Å². The summed E-state index contributed by atoms with van der Waals surface area (Å²) in [5.74, 6) is -0.356. The lowest BCUT2D eigenvalue weighted by Gasteiger charge is -2.06. The van der Waals surface area contributed by atoms with Gasteiger partial charge in [0.1, 0.15) is 0 Å². The zero-order chi connectivity index (χ0) is 8.85. The SMILES string of the molecule is C=C(CSC(C)CC)C(=O)O. The topological polar surface area (TPSA) is 37.3 Å². The third kappa shape index (κ3) is 4.90. The van der Waals surface area contributed by atoms with Crippen LogP contribution in [0.15, 0.2) is 12.2 Å². The van der Waals surface area contributed by atoms with E-state index in [1.165, 1.54) is 0 Å². The summed E-state index contributed by atoms with van der Waals surface area (Å²) in [5, 5.41) is 8.97. The van der Waals surface area contributed by atoms with Crippen molar-refractivity contribution < 1.29 is 9.90 Å². The third-order valence-electron chi connectivity index (χ3n) is 1.42. The summed E-state index contributed by atoms with van der Waals surface area (Å²) < 4.78 is 0. The molecular formula is C8H14O2S. The molecule has 0 aromatic rings. The Hall–Kier alpha value is -0.440. The molecule has 0 bridgehead atoms. The van der Waals surface area contributed by atoms with Crippen molar-refractivity contribution in [3.05, 3.63) is 12.2 Å². The van der Waals surface area contributed by atoms with Crippen molar-refractivity contribution in [3.63, 3.8) is 0 Å². The predicted octanol–water partition coefficient (Wildman–Crippen LogP) is 2.16. The van der Waals surface area contributed by atoms with Crippen LogP contribution in [0.5, 0.6) is 0 Å². The van der Waals surface area contributed by atoms with Crippen LogP contribution in [0.2, 0.25) is 0 Å². The second-order valence-electron chi connectivity index (χ2n) is 2.44. The van der Waals surface area contributed by atoms with Crippen LogP contribution in [-0.4, -0.2) is 22.1 Å². The van der Waals surface area contributed by atoms with Crippen LogP contribution in [-0.2, 0) is 4.79 Å². The zero-order valence-corrected chi connectivity index (χ0v) is 7.78. The van der Waals surface area contributed by atoms with Crippen LogP contribution in [0.3, 0.4) is 0 Å². The molecule has 3 heteroatoms. The van der Waals surface area contributed by atoms with Gasteiger partial charge in [0.05, 0.1) is 0 Å². The van der Waals surface area contributed by atoms with Crippen molar-refractivity contribution in [3.8, 4) is 0 Å². The minimum absolute atomic E-state index is 0.287. The molecule has 1 N–H and O–H groups in total. The van der Waals surface area contributed by atoms with Crippen molar-refractivity contribution in [1.82, 2.24) is 0 Å². The first-order chi connectivity index (χ1) is 5.07. The fraction of sp³-hybridized carbons (Fsp3) is 0.625. The van der Waals surface area contributed by atoms with E-state index in [9.17, 15) is 4.79 Å². The molecule has 0 aliphatic rings. The van der Waals surface area contributed by atoms with E-state index in [2.05, 4.69) is 20.4 Å². The van der Waals surface area contributed by atoms with Crippen molar-refractivity contribution in [2.24, 2.45) is 0 Å². The van der Waals surface area contributed by atoms with Crippen LogP contribution < -0.4 is 0 Å². The lowest BCUT2D eigenvalue weighted by Crippen LogP contribution is -2.04. The van der Waals surface area contributed by atoms with Gasteiger partial charge in [-0.15, -0.1) is 0 Å². The van der Waals surface area contributed by atoms with Gasteiger partial charge in [0, 0.05) is 16.6 Å². The van der Waals surface area contributed by atoms with E-state index in [0.717, 1.165) is 6.42 Å². The molecule has 1 unspecified atom stereocenters. The maximum absolute atomic E-state index is 10.3. The lowest BCUT2D eigenvalue weighted by atomic mass is 10.4. The number of aliphatic carboxylic acids is 1. The van der Waals surface area contributed by atoms with Crippen molar-refractivity contribution in [1.29, 1.82) is 0 Å². The molecule has 0 saturated heterocycles. The van der Waals surface area contributed by atoms with Gasteiger partial charge in [0.2, 0.25) is 0 Å². The van der Waals surface area contributed by atoms with E-state index in [0.29, 0.717) is 11.0 Å². The molecule has 64 valence electrons. The normalized spacial score (nSPS) is 12.5. The number of rotatable bonds is 5. The fourth-order valence-electron chi connectivity index (χ4n) is 0.422. The Morgan fingerprint density at radius 3 is 2.64 bits per heavy atom. The largest absolute Gasteiger partial charge is 0.478 e. The lowest BCUT2D eigenvalue weighted by molar-refractivity contribution is -0.132. The van der Waals surface area contributed by atoms with Crippen LogP contribution in [0, 0.1) is 0 Å². The standard InChI is InChI=1S/C8H14O2S/c1-4-7(3)11-5-6(2)8(9)10/h7H,2,4-5H2,1,3H3,(H,9,10). The van der Waals surface area contributed by atoms with E-state index in [1.807, 2.05) is 0 Å². The van der Waals surface area contributed by atoms with Gasteiger partial charge in [0.25, 0.3) is 0 Å². The number of hydrogen-bond donors (Lipinski definition) is 1. The number of hydrogen-bond acceptors (Lipinski definition) is 2. The maximum Gasteiger partial charge on any atom is 0.331 e. The summed E-state index contributed by atoms with van der Waals surface area (Å²) >= 11 is 1.63. The monoisotopic (exact) mass is 174 g/mol. The molecule has 11 heavy (non-hydrogen) atoms. The molecule has 0 aliphatic heterocycles. The Morgan fingerprint density at radius 1 is 1.73 bits per heavy atom. The highest BCUT2D eigenvalue weighted by Gasteiger charge is 2.05. The molecule has 0 heterocycles. The fourth-order valence-corrected chi connectivity index (χ4v) is 1.27. The molecule has 0 radical (unpaired) electrons. The first-order valence-corrected chi connectivity index (χ1v) is 4.65. The summed E-state index contributed by atoms with van der Waals surface area (Å²) in [7, 11) is 0. The maximum atomic E-state index is 10.3. The van der Waals surface area contributed by atoms with Crippen molar-refractivity contribution in [2.45, 2.75) is 25.5 Å². The molecule has 0 amide bonds. The molecular weight excluding hydrogens is 160 g/mol.